The highest BCUT2D eigenvalue weighted by molar-refractivity contribution is 8.26. The highest BCUT2D eigenvalue weighted by atomic mass is 32.2. The molecule has 2 saturated heterocycles. The van der Waals surface area contributed by atoms with Gasteiger partial charge in [0, 0.05) is 32.7 Å². The van der Waals surface area contributed by atoms with Gasteiger partial charge in [-0.3, -0.25) is 14.5 Å². The molecule has 9 heteroatoms. The summed E-state index contributed by atoms with van der Waals surface area (Å²) in [5.74, 6) is 0.374. The number of thioether (sulfide) groups is 1. The van der Waals surface area contributed by atoms with Crippen molar-refractivity contribution in [2.45, 2.75) is 13.1 Å². The minimum atomic E-state index is -0.200. The van der Waals surface area contributed by atoms with E-state index in [1.54, 1.807) is 11.0 Å². The Balaban J connectivity index is 1.36. The first-order valence-electron chi connectivity index (χ1n) is 11.3. The number of thiocarbonyl (C=S) groups is 1. The van der Waals surface area contributed by atoms with Gasteiger partial charge in [-0.2, -0.15) is 0 Å². The number of anilines is 1. The van der Waals surface area contributed by atoms with Crippen molar-refractivity contribution in [3.63, 3.8) is 0 Å². The van der Waals surface area contributed by atoms with Crippen LogP contribution in [0.1, 0.15) is 16.7 Å². The number of piperazine rings is 1. The maximum absolute atomic E-state index is 12.8. The van der Waals surface area contributed by atoms with Crippen molar-refractivity contribution in [3.05, 3.63) is 64.1 Å². The molecular formula is C25H26N4O3S2. The summed E-state index contributed by atoms with van der Waals surface area (Å²) in [5.41, 5.74) is 3.85. The molecule has 34 heavy (non-hydrogen) atoms. The first-order valence-corrected chi connectivity index (χ1v) is 12.5. The van der Waals surface area contributed by atoms with Crippen LogP contribution in [0.4, 0.5) is 5.69 Å². The van der Waals surface area contributed by atoms with Gasteiger partial charge >= 0.3 is 0 Å². The van der Waals surface area contributed by atoms with Crippen LogP contribution in [0.2, 0.25) is 0 Å². The minimum absolute atomic E-state index is 0.0148. The number of ether oxygens (including phenoxy) is 1. The Bertz CT molecular complexity index is 1170. The maximum atomic E-state index is 12.8. The molecule has 2 aromatic carbocycles. The lowest BCUT2D eigenvalue weighted by Gasteiger charge is -2.32. The van der Waals surface area contributed by atoms with Crippen molar-refractivity contribution in [1.29, 1.82) is 0 Å². The molecule has 7 nitrogen and oxygen atoms in total. The van der Waals surface area contributed by atoms with Gasteiger partial charge in [0.15, 0.2) is 6.61 Å². The van der Waals surface area contributed by atoms with E-state index in [9.17, 15) is 9.59 Å². The normalized spacial score (nSPS) is 20.4. The Morgan fingerprint density at radius 2 is 1.82 bits per heavy atom. The molecule has 0 atom stereocenters. The molecule has 3 aliphatic rings. The topological polar surface area (TPSA) is 65.1 Å². The number of amides is 2. The molecule has 0 unspecified atom stereocenters. The van der Waals surface area contributed by atoms with Crippen LogP contribution in [0.15, 0.2) is 47.4 Å². The Hall–Kier alpha value is -2.72. The van der Waals surface area contributed by atoms with Gasteiger partial charge in [0.05, 0.1) is 17.1 Å². The van der Waals surface area contributed by atoms with E-state index in [2.05, 4.69) is 46.4 Å². The molecule has 0 radical (unpaired) electrons. The van der Waals surface area contributed by atoms with Gasteiger partial charge in [-0.1, -0.05) is 54.3 Å². The van der Waals surface area contributed by atoms with Crippen molar-refractivity contribution in [1.82, 2.24) is 15.1 Å². The number of nitrogens with one attached hydrogen (secondary N) is 1. The molecule has 0 aliphatic carbocycles. The predicted molar refractivity (Wildman–Crippen MR) is 139 cm³/mol. The zero-order valence-electron chi connectivity index (χ0n) is 19.0. The van der Waals surface area contributed by atoms with Crippen molar-refractivity contribution in [2.75, 3.05) is 44.7 Å². The van der Waals surface area contributed by atoms with E-state index >= 15 is 0 Å². The smallest absolute Gasteiger partial charge is 0.265 e. The van der Waals surface area contributed by atoms with Gasteiger partial charge in [-0.15, -0.1) is 0 Å². The first-order chi connectivity index (χ1) is 16.4. The second kappa shape index (κ2) is 9.87. The summed E-state index contributed by atoms with van der Waals surface area (Å²) in [4.78, 5) is 32.0. The third-order valence-corrected chi connectivity index (χ3v) is 7.36. The molecule has 2 aromatic rings. The van der Waals surface area contributed by atoms with E-state index < -0.39 is 0 Å². The molecule has 1 N–H and O–H groups in total. The summed E-state index contributed by atoms with van der Waals surface area (Å²) >= 11 is 6.31. The molecule has 5 rings (SSSR count). The summed E-state index contributed by atoms with van der Waals surface area (Å²) in [6.07, 6.45) is 1.79. The lowest BCUT2D eigenvalue weighted by Crippen LogP contribution is -2.43. The number of nitrogens with zero attached hydrogens (tertiary/aromatic N) is 3. The van der Waals surface area contributed by atoms with Gasteiger partial charge in [-0.05, 0) is 41.9 Å². The minimum Gasteiger partial charge on any atom is -0.482 e. The van der Waals surface area contributed by atoms with Crippen molar-refractivity contribution < 1.29 is 14.3 Å². The van der Waals surface area contributed by atoms with Crippen LogP contribution >= 0.6 is 24.0 Å². The highest BCUT2D eigenvalue weighted by Crippen LogP contribution is 2.36. The number of rotatable bonds is 5. The first kappa shape index (κ1) is 23.0. The average Bonchev–Trinajstić information content (AvgIpc) is 3.14. The van der Waals surface area contributed by atoms with Crippen LogP contribution in [0, 0.1) is 0 Å². The van der Waals surface area contributed by atoms with Crippen molar-refractivity contribution >= 4 is 51.9 Å². The van der Waals surface area contributed by atoms with Gasteiger partial charge in [0.25, 0.3) is 11.8 Å². The third-order valence-electron chi connectivity index (χ3n) is 6.20. The zero-order valence-corrected chi connectivity index (χ0v) is 20.6. The largest absolute Gasteiger partial charge is 0.482 e. The van der Waals surface area contributed by atoms with Crippen LogP contribution in [0.3, 0.4) is 0 Å². The fourth-order valence-electron chi connectivity index (χ4n) is 4.33. The number of likely N-dealkylation sites (N-methyl/N-ethyl adjacent to an activating group) is 1. The molecule has 3 heterocycles. The number of carbonyl (C=O) groups excluding carboxylic acids is 2. The molecular weight excluding hydrogens is 468 g/mol. The van der Waals surface area contributed by atoms with Gasteiger partial charge < -0.3 is 19.9 Å². The molecule has 0 aromatic heterocycles. The fraction of sp³-hybridized carbons (Fsp3) is 0.320. The summed E-state index contributed by atoms with van der Waals surface area (Å²) in [5, 5.41) is 2.63. The summed E-state index contributed by atoms with van der Waals surface area (Å²) < 4.78 is 6.12. The molecule has 0 saturated carbocycles. The lowest BCUT2D eigenvalue weighted by atomic mass is 10.1. The van der Waals surface area contributed by atoms with Crippen LogP contribution in [0.5, 0.6) is 5.75 Å². The molecule has 2 fully saturated rings. The number of hydrogen-bond donors (Lipinski definition) is 1. The maximum Gasteiger partial charge on any atom is 0.265 e. The zero-order chi connectivity index (χ0) is 23.7. The molecule has 176 valence electrons. The van der Waals surface area contributed by atoms with Crippen LogP contribution in [-0.4, -0.2) is 65.8 Å². The Labute approximate surface area is 208 Å². The van der Waals surface area contributed by atoms with Crippen LogP contribution in [0.25, 0.3) is 6.08 Å². The Morgan fingerprint density at radius 3 is 2.56 bits per heavy atom. The Kier molecular flexibility index (Phi) is 6.69. The SMILES string of the molecule is CN1CCN(Cc2cccc(CN3C(=O)COc4ccc(C=C5SC(=S)NC5=O)cc43)c2)CC1. The van der Waals surface area contributed by atoms with Crippen LogP contribution in [-0.2, 0) is 22.7 Å². The van der Waals surface area contributed by atoms with Crippen LogP contribution < -0.4 is 15.0 Å². The highest BCUT2D eigenvalue weighted by Gasteiger charge is 2.27. The van der Waals surface area contributed by atoms with E-state index in [0.717, 1.165) is 43.9 Å². The van der Waals surface area contributed by atoms with Crippen molar-refractivity contribution in [3.8, 4) is 5.75 Å². The summed E-state index contributed by atoms with van der Waals surface area (Å²) in [6, 6.07) is 14.1. The predicted octanol–water partition coefficient (Wildman–Crippen LogP) is 2.85. The monoisotopic (exact) mass is 494 g/mol. The Morgan fingerprint density at radius 1 is 1.06 bits per heavy atom. The number of hydrogen-bond acceptors (Lipinski definition) is 7. The van der Waals surface area contributed by atoms with E-state index in [0.29, 0.717) is 27.2 Å². The number of fused-ring (bicyclic) bond motifs is 1. The number of benzene rings is 2. The molecule has 2 amide bonds. The van der Waals surface area contributed by atoms with Gasteiger partial charge in [0.2, 0.25) is 0 Å². The second-order valence-corrected chi connectivity index (χ2v) is 10.5. The molecule has 0 spiro atoms. The fourth-order valence-corrected chi connectivity index (χ4v) is 5.37. The van der Waals surface area contributed by atoms with E-state index in [1.807, 2.05) is 18.2 Å². The average molecular weight is 495 g/mol. The third kappa shape index (κ3) is 5.17. The van der Waals surface area contributed by atoms with Gasteiger partial charge in [0.1, 0.15) is 10.1 Å². The summed E-state index contributed by atoms with van der Waals surface area (Å²) in [7, 11) is 2.16. The standard InChI is InChI=1S/C25H26N4O3S2/c1-27-7-9-28(10-8-27)14-18-3-2-4-19(11-18)15-29-20-12-17(5-6-21(20)32-16-23(29)30)13-22-24(31)26-25(33)34-22/h2-6,11-13H,7-10,14-16H2,1H3,(H,26,31,33). The molecule has 0 bridgehead atoms. The van der Waals surface area contributed by atoms with Gasteiger partial charge in [-0.25, -0.2) is 0 Å². The van der Waals surface area contributed by atoms with E-state index in [-0.39, 0.29) is 18.4 Å². The lowest BCUT2D eigenvalue weighted by molar-refractivity contribution is -0.121. The summed E-state index contributed by atoms with van der Waals surface area (Å²) in [6.45, 7) is 5.69. The van der Waals surface area contributed by atoms with E-state index in [1.165, 1.54) is 17.3 Å². The van der Waals surface area contributed by atoms with Crippen molar-refractivity contribution in [2.24, 2.45) is 0 Å². The second-order valence-electron chi connectivity index (χ2n) is 8.75. The molecule has 3 aliphatic heterocycles. The number of carbonyl (C=O) groups is 2. The quantitative estimate of drug-likeness (QED) is 0.507. The van der Waals surface area contributed by atoms with E-state index in [4.69, 9.17) is 17.0 Å².